The lowest BCUT2D eigenvalue weighted by molar-refractivity contribution is -0.137. The zero-order chi connectivity index (χ0) is 20.6. The first-order valence-electron chi connectivity index (χ1n) is 9.08. The van der Waals surface area contributed by atoms with E-state index in [1.807, 2.05) is 0 Å². The molecule has 0 unspecified atom stereocenters. The Morgan fingerprint density at radius 3 is 2.31 bits per heavy atom. The van der Waals surface area contributed by atoms with Crippen molar-refractivity contribution in [3.05, 3.63) is 65.7 Å². The van der Waals surface area contributed by atoms with Gasteiger partial charge >= 0.3 is 6.18 Å². The van der Waals surface area contributed by atoms with Crippen LogP contribution in [-0.2, 0) is 6.18 Å². The molecule has 150 valence electrons. The highest BCUT2D eigenvalue weighted by Gasteiger charge is 2.31. The van der Waals surface area contributed by atoms with Crippen LogP contribution in [0.5, 0.6) is 11.6 Å². The average Bonchev–Trinajstić information content (AvgIpc) is 2.64. The Bertz CT molecular complexity index is 1010. The highest BCUT2D eigenvalue weighted by molar-refractivity contribution is 5.68. The van der Waals surface area contributed by atoms with Gasteiger partial charge < -0.3 is 10.5 Å². The number of pyridine rings is 2. The molecule has 2 heterocycles. The number of nitrogens with two attached hydrogens (primary N) is 1. The normalized spacial score (nSPS) is 14.5. The molecule has 0 radical (unpaired) electrons. The molecular weight excluding hydrogens is 386 g/mol. The molecule has 4 rings (SSSR count). The minimum Gasteiger partial charge on any atom is -0.436 e. The van der Waals surface area contributed by atoms with Crippen LogP contribution in [0.2, 0.25) is 0 Å². The third kappa shape index (κ3) is 3.87. The topological polar surface area (TPSA) is 61.0 Å². The average molecular weight is 403 g/mol. The Labute approximate surface area is 164 Å². The van der Waals surface area contributed by atoms with E-state index in [4.69, 9.17) is 10.5 Å². The molecule has 1 aliphatic rings. The quantitative estimate of drug-likeness (QED) is 0.548. The lowest BCUT2D eigenvalue weighted by Gasteiger charge is -2.28. The summed E-state index contributed by atoms with van der Waals surface area (Å²) in [5.41, 5.74) is 6.16. The minimum absolute atomic E-state index is 0.0173. The van der Waals surface area contributed by atoms with Gasteiger partial charge in [-0.3, -0.25) is 0 Å². The second-order valence-corrected chi connectivity index (χ2v) is 6.93. The van der Waals surface area contributed by atoms with Crippen LogP contribution in [0.4, 0.5) is 23.4 Å². The number of rotatable bonds is 4. The predicted octanol–water partition coefficient (Wildman–Crippen LogP) is 5.94. The molecule has 4 nitrogen and oxygen atoms in total. The molecular formula is C21H17F4N3O. The van der Waals surface area contributed by atoms with Gasteiger partial charge in [0.25, 0.3) is 0 Å². The van der Waals surface area contributed by atoms with Crippen LogP contribution in [0.25, 0.3) is 11.1 Å². The zero-order valence-corrected chi connectivity index (χ0v) is 15.2. The van der Waals surface area contributed by atoms with Crippen LogP contribution in [0.1, 0.15) is 36.3 Å². The van der Waals surface area contributed by atoms with Crippen molar-refractivity contribution in [3.8, 4) is 22.8 Å². The molecule has 1 fully saturated rings. The van der Waals surface area contributed by atoms with E-state index in [9.17, 15) is 13.2 Å². The monoisotopic (exact) mass is 403 g/mol. The molecule has 29 heavy (non-hydrogen) atoms. The molecule has 2 N–H and O–H groups in total. The third-order valence-corrected chi connectivity index (χ3v) is 5.04. The Balaban J connectivity index is 1.73. The van der Waals surface area contributed by atoms with Crippen LogP contribution >= 0.6 is 0 Å². The van der Waals surface area contributed by atoms with E-state index in [-0.39, 0.29) is 23.1 Å². The highest BCUT2D eigenvalue weighted by Crippen LogP contribution is 2.45. The summed E-state index contributed by atoms with van der Waals surface area (Å²) in [4.78, 5) is 7.68. The van der Waals surface area contributed by atoms with Gasteiger partial charge in [-0.25, -0.2) is 14.4 Å². The number of anilines is 1. The van der Waals surface area contributed by atoms with Crippen LogP contribution < -0.4 is 10.5 Å². The fourth-order valence-electron chi connectivity index (χ4n) is 3.22. The number of hydrogen-bond acceptors (Lipinski definition) is 4. The Morgan fingerprint density at radius 1 is 0.966 bits per heavy atom. The number of nitrogens with zero attached hydrogens (tertiary/aromatic N) is 2. The van der Waals surface area contributed by atoms with Gasteiger partial charge in [-0.2, -0.15) is 13.2 Å². The maximum absolute atomic E-state index is 15.4. The first-order valence-corrected chi connectivity index (χ1v) is 9.08. The van der Waals surface area contributed by atoms with Gasteiger partial charge in [-0.05, 0) is 37.0 Å². The van der Waals surface area contributed by atoms with Crippen molar-refractivity contribution < 1.29 is 22.3 Å². The van der Waals surface area contributed by atoms with Crippen molar-refractivity contribution in [3.63, 3.8) is 0 Å². The summed E-state index contributed by atoms with van der Waals surface area (Å²) in [5.74, 6) is -0.276. The molecule has 3 aromatic rings. The van der Waals surface area contributed by atoms with Gasteiger partial charge in [0.05, 0.1) is 5.56 Å². The summed E-state index contributed by atoms with van der Waals surface area (Å²) in [7, 11) is 0. The van der Waals surface area contributed by atoms with Crippen molar-refractivity contribution in [2.24, 2.45) is 0 Å². The molecule has 8 heteroatoms. The van der Waals surface area contributed by atoms with Gasteiger partial charge in [-0.1, -0.05) is 18.6 Å². The summed E-state index contributed by atoms with van der Waals surface area (Å²) in [6.07, 6.45) is 0.461. The number of alkyl halides is 3. The summed E-state index contributed by atoms with van der Waals surface area (Å²) >= 11 is 0. The molecule has 0 aliphatic heterocycles. The Morgan fingerprint density at radius 2 is 1.76 bits per heavy atom. The van der Waals surface area contributed by atoms with Gasteiger partial charge in [0.15, 0.2) is 11.6 Å². The van der Waals surface area contributed by atoms with E-state index >= 15 is 4.39 Å². The van der Waals surface area contributed by atoms with Crippen LogP contribution in [0, 0.1) is 5.82 Å². The van der Waals surface area contributed by atoms with Crippen molar-refractivity contribution >= 4 is 5.82 Å². The first kappa shape index (κ1) is 19.2. The fourth-order valence-corrected chi connectivity index (χ4v) is 3.22. The number of aromatic nitrogens is 2. The van der Waals surface area contributed by atoms with Gasteiger partial charge in [0.1, 0.15) is 5.82 Å². The molecule has 0 amide bonds. The maximum atomic E-state index is 15.4. The van der Waals surface area contributed by atoms with E-state index in [1.165, 1.54) is 6.20 Å². The second kappa shape index (κ2) is 7.35. The smallest absolute Gasteiger partial charge is 0.417 e. The van der Waals surface area contributed by atoms with E-state index in [0.717, 1.165) is 31.4 Å². The van der Waals surface area contributed by atoms with Gasteiger partial charge in [-0.15, -0.1) is 0 Å². The summed E-state index contributed by atoms with van der Waals surface area (Å²) in [6, 6.07) is 8.60. The molecule has 0 bridgehead atoms. The van der Waals surface area contributed by atoms with Crippen molar-refractivity contribution in [1.29, 1.82) is 0 Å². The van der Waals surface area contributed by atoms with Crippen molar-refractivity contribution in [2.75, 3.05) is 5.73 Å². The Hall–Kier alpha value is -3.16. The molecule has 1 aromatic carbocycles. The molecule has 1 aliphatic carbocycles. The molecule has 0 saturated heterocycles. The first-order chi connectivity index (χ1) is 13.8. The largest absolute Gasteiger partial charge is 0.436 e. The standard InChI is InChI=1S/C21H17F4N3O/c22-19-15(13-4-8-17(26)27-10-13)6-7-16(12-2-1-3-12)20(19)29-18-9-5-14(11-28-18)21(23,24)25/h4-12H,1-3H2,(H2,26,27). The number of ether oxygens (including phenoxy) is 1. The molecule has 1 saturated carbocycles. The lowest BCUT2D eigenvalue weighted by Crippen LogP contribution is -2.11. The molecule has 2 aromatic heterocycles. The summed E-state index contributed by atoms with van der Waals surface area (Å²) in [5, 5.41) is 0. The van der Waals surface area contributed by atoms with Gasteiger partial charge in [0, 0.05) is 35.2 Å². The highest BCUT2D eigenvalue weighted by atomic mass is 19.4. The summed E-state index contributed by atoms with van der Waals surface area (Å²) in [6.45, 7) is 0. The van der Waals surface area contributed by atoms with E-state index < -0.39 is 17.6 Å². The number of hydrogen-bond donors (Lipinski definition) is 1. The third-order valence-electron chi connectivity index (χ3n) is 5.04. The molecule has 0 spiro atoms. The minimum atomic E-state index is -4.50. The van der Waals surface area contributed by atoms with E-state index in [0.29, 0.717) is 23.1 Å². The Kier molecular flexibility index (Phi) is 4.86. The maximum Gasteiger partial charge on any atom is 0.417 e. The lowest BCUT2D eigenvalue weighted by atomic mass is 9.79. The number of benzene rings is 1. The van der Waals surface area contributed by atoms with E-state index in [1.54, 1.807) is 24.3 Å². The van der Waals surface area contributed by atoms with E-state index in [2.05, 4.69) is 9.97 Å². The SMILES string of the molecule is Nc1ccc(-c2ccc(C3CCC3)c(Oc3ccc(C(F)(F)F)cn3)c2F)cn1. The van der Waals surface area contributed by atoms with Crippen molar-refractivity contribution in [1.82, 2.24) is 9.97 Å². The number of nitrogen functional groups attached to an aromatic ring is 1. The van der Waals surface area contributed by atoms with Gasteiger partial charge in [0.2, 0.25) is 5.88 Å². The van der Waals surface area contributed by atoms with Crippen molar-refractivity contribution in [2.45, 2.75) is 31.4 Å². The molecule has 0 atom stereocenters. The van der Waals surface area contributed by atoms with Crippen LogP contribution in [0.15, 0.2) is 48.8 Å². The van der Waals surface area contributed by atoms with Crippen LogP contribution in [-0.4, -0.2) is 9.97 Å². The zero-order valence-electron chi connectivity index (χ0n) is 15.2. The summed E-state index contributed by atoms with van der Waals surface area (Å²) < 4.78 is 59.3. The second-order valence-electron chi connectivity index (χ2n) is 6.93. The number of halogens is 4. The van der Waals surface area contributed by atoms with Crippen LogP contribution in [0.3, 0.4) is 0 Å². The predicted molar refractivity (Wildman–Crippen MR) is 99.9 cm³/mol. The fraction of sp³-hybridized carbons (Fsp3) is 0.238.